The van der Waals surface area contributed by atoms with Crippen LogP contribution in [0.5, 0.6) is 0 Å². The molecular formula is C84H72. The van der Waals surface area contributed by atoms with Gasteiger partial charge in [-0.3, -0.25) is 0 Å². The van der Waals surface area contributed by atoms with Gasteiger partial charge in [0.05, 0.1) is 0 Å². The maximum absolute atomic E-state index is 2.12. The fourth-order valence-corrected chi connectivity index (χ4v) is 8.34. The van der Waals surface area contributed by atoms with E-state index in [0.717, 1.165) is 0 Å². The van der Waals surface area contributed by atoms with Gasteiger partial charge in [-0.2, -0.15) is 0 Å². The van der Waals surface area contributed by atoms with E-state index in [-0.39, 0.29) is 0 Å². The third kappa shape index (κ3) is 23.8. The van der Waals surface area contributed by atoms with Gasteiger partial charge in [0.1, 0.15) is 0 Å². The Morgan fingerprint density at radius 1 is 0.0595 bits per heavy atom. The third-order valence-electron chi connectivity index (χ3n) is 12.6. The van der Waals surface area contributed by atoms with Gasteiger partial charge in [-0.1, -0.05) is 437 Å². The average molecular weight is 1080 g/mol. The van der Waals surface area contributed by atoms with Gasteiger partial charge < -0.3 is 0 Å². The molecule has 0 radical (unpaired) electrons. The molecule has 0 amide bonds. The topological polar surface area (TPSA) is 0 Å². The summed E-state index contributed by atoms with van der Waals surface area (Å²) >= 11 is 0. The molecular weight excluding hydrogens is 1010 g/mol. The molecule has 0 saturated heterocycles. The Kier molecular flexibility index (Phi) is 27.9. The Balaban J connectivity index is 0.000000135. The van der Waals surface area contributed by atoms with E-state index in [4.69, 9.17) is 0 Å². The molecule has 0 saturated carbocycles. The van der Waals surface area contributed by atoms with Crippen molar-refractivity contribution in [1.82, 2.24) is 0 Å². The fourth-order valence-electron chi connectivity index (χ4n) is 8.34. The van der Waals surface area contributed by atoms with Crippen LogP contribution in [0.15, 0.2) is 437 Å². The van der Waals surface area contributed by atoms with Crippen LogP contribution < -0.4 is 0 Å². The number of hydrogen-bond acceptors (Lipinski definition) is 0. The summed E-state index contributed by atoms with van der Waals surface area (Å²) in [6.07, 6.45) is 0. The average Bonchev–Trinajstić information content (AvgIpc) is 3.67. The minimum atomic E-state index is 1.31. The van der Waals surface area contributed by atoms with Crippen molar-refractivity contribution in [2.75, 3.05) is 0 Å². The van der Waals surface area contributed by atoms with E-state index in [0.29, 0.717) is 0 Å². The lowest BCUT2D eigenvalue weighted by atomic mass is 10.1. The summed E-state index contributed by atoms with van der Waals surface area (Å²) < 4.78 is 0. The van der Waals surface area contributed by atoms with E-state index in [1.807, 2.05) is 146 Å². The van der Waals surface area contributed by atoms with Crippen molar-refractivity contribution in [3.05, 3.63) is 437 Å². The molecule has 0 heteroatoms. The Hall–Kier alpha value is -10.9. The van der Waals surface area contributed by atoms with E-state index in [1.165, 1.54) is 64.6 Å². The van der Waals surface area contributed by atoms with Crippen molar-refractivity contribution in [1.29, 1.82) is 0 Å². The quantitative estimate of drug-likeness (QED) is 0.142. The van der Waals surface area contributed by atoms with E-state index >= 15 is 0 Å². The predicted molar refractivity (Wildman–Crippen MR) is 369 cm³/mol. The number of fused-ring (bicyclic) bond motifs is 6. The highest BCUT2D eigenvalue weighted by molar-refractivity contribution is 5.85. The smallest absolute Gasteiger partial charge is 0.0184 e. The second-order valence-electron chi connectivity index (χ2n) is 18.7. The SMILES string of the molecule is c1ccc2ccccc2c1.c1ccc2ccccc2c1.c1ccc2ccccc2c1.c1ccc2ccccc2c1.c1ccc2ccccc2c1.c1ccc2ccccc2c1.c1ccccc1.c1ccccc1.c1ccccc1.c1ccccc1. The Labute approximate surface area is 498 Å². The van der Waals surface area contributed by atoms with Crippen molar-refractivity contribution in [3.63, 3.8) is 0 Å². The van der Waals surface area contributed by atoms with Gasteiger partial charge in [0.25, 0.3) is 0 Å². The minimum absolute atomic E-state index is 1.31. The van der Waals surface area contributed by atoms with Crippen LogP contribution >= 0.6 is 0 Å². The molecule has 0 aliphatic carbocycles. The van der Waals surface area contributed by atoms with Crippen LogP contribution in [0.25, 0.3) is 64.6 Å². The van der Waals surface area contributed by atoms with Crippen LogP contribution in [0.3, 0.4) is 0 Å². The Morgan fingerprint density at radius 2 is 0.107 bits per heavy atom. The van der Waals surface area contributed by atoms with Crippen molar-refractivity contribution < 1.29 is 0 Å². The summed E-state index contributed by atoms with van der Waals surface area (Å²) in [4.78, 5) is 0. The highest BCUT2D eigenvalue weighted by atomic mass is 13.9. The molecule has 0 N–H and O–H groups in total. The first kappa shape index (κ1) is 60.7. The lowest BCUT2D eigenvalue weighted by Gasteiger charge is -1.92. The highest BCUT2D eigenvalue weighted by Crippen LogP contribution is 2.15. The summed E-state index contributed by atoms with van der Waals surface area (Å²) in [5.41, 5.74) is 0. The standard InChI is InChI=1S/6C10H8.4C6H6/c6*1-2-6-10-8-4-3-7-9(10)5-1;4*1-2-4-6-5-3-1/h6*1-8H;4*1-6H. The van der Waals surface area contributed by atoms with Crippen LogP contribution in [-0.2, 0) is 0 Å². The molecule has 84 heavy (non-hydrogen) atoms. The molecule has 16 rings (SSSR count). The molecule has 0 heterocycles. The van der Waals surface area contributed by atoms with Gasteiger partial charge in [0.2, 0.25) is 0 Å². The summed E-state index contributed by atoms with van der Waals surface area (Å²) in [6, 6.07) is 148. The second-order valence-corrected chi connectivity index (χ2v) is 18.7. The fraction of sp³-hybridized carbons (Fsp3) is 0. The van der Waals surface area contributed by atoms with Crippen LogP contribution in [0.4, 0.5) is 0 Å². The zero-order valence-electron chi connectivity index (χ0n) is 47.6. The monoisotopic (exact) mass is 1080 g/mol. The minimum Gasteiger partial charge on any atom is -0.0623 e. The highest BCUT2D eigenvalue weighted by Gasteiger charge is 1.90. The van der Waals surface area contributed by atoms with Crippen molar-refractivity contribution in [2.24, 2.45) is 0 Å². The normalized spacial score (nSPS) is 9.43. The molecule has 16 aromatic carbocycles. The second kappa shape index (κ2) is 38.6. The van der Waals surface area contributed by atoms with Crippen LogP contribution in [0, 0.1) is 0 Å². The van der Waals surface area contributed by atoms with E-state index in [1.54, 1.807) is 0 Å². The van der Waals surface area contributed by atoms with Gasteiger partial charge in [0, 0.05) is 0 Å². The summed E-state index contributed by atoms with van der Waals surface area (Å²) in [5.74, 6) is 0. The van der Waals surface area contributed by atoms with Gasteiger partial charge in [0.15, 0.2) is 0 Å². The predicted octanol–water partition coefficient (Wildman–Crippen LogP) is 23.8. The number of rotatable bonds is 0. The Bertz CT molecular complexity index is 3020. The van der Waals surface area contributed by atoms with E-state index in [2.05, 4.69) is 291 Å². The zero-order chi connectivity index (χ0) is 57.8. The molecule has 0 aliphatic heterocycles. The van der Waals surface area contributed by atoms with Gasteiger partial charge >= 0.3 is 0 Å². The van der Waals surface area contributed by atoms with E-state index < -0.39 is 0 Å². The first-order valence-electron chi connectivity index (χ1n) is 28.4. The zero-order valence-corrected chi connectivity index (χ0v) is 47.6. The van der Waals surface area contributed by atoms with Crippen molar-refractivity contribution >= 4 is 64.6 Å². The lowest BCUT2D eigenvalue weighted by molar-refractivity contribution is 1.72. The van der Waals surface area contributed by atoms with Gasteiger partial charge in [-0.15, -0.1) is 0 Å². The maximum Gasteiger partial charge on any atom is -0.0184 e. The van der Waals surface area contributed by atoms with Crippen molar-refractivity contribution in [2.45, 2.75) is 0 Å². The molecule has 0 fully saturated rings. The molecule has 16 aromatic rings. The van der Waals surface area contributed by atoms with Crippen LogP contribution in [0.2, 0.25) is 0 Å². The Morgan fingerprint density at radius 3 is 0.155 bits per heavy atom. The molecule has 408 valence electrons. The molecule has 0 unspecified atom stereocenters. The van der Waals surface area contributed by atoms with Gasteiger partial charge in [-0.25, -0.2) is 0 Å². The first-order chi connectivity index (χ1) is 41.8. The largest absolute Gasteiger partial charge is 0.0623 e. The van der Waals surface area contributed by atoms with Crippen LogP contribution in [-0.4, -0.2) is 0 Å². The number of benzene rings is 16. The molecule has 0 aliphatic rings. The molecule has 0 aromatic heterocycles. The molecule has 0 bridgehead atoms. The van der Waals surface area contributed by atoms with Crippen molar-refractivity contribution in [3.8, 4) is 0 Å². The first-order valence-corrected chi connectivity index (χ1v) is 28.4. The van der Waals surface area contributed by atoms with E-state index in [9.17, 15) is 0 Å². The lowest BCUT2D eigenvalue weighted by Crippen LogP contribution is -1.67. The van der Waals surface area contributed by atoms with Crippen LogP contribution in [0.1, 0.15) is 0 Å². The summed E-state index contributed by atoms with van der Waals surface area (Å²) in [6.45, 7) is 0. The summed E-state index contributed by atoms with van der Waals surface area (Å²) in [5, 5.41) is 15.7. The molecule has 0 spiro atoms. The molecule has 0 atom stereocenters. The van der Waals surface area contributed by atoms with Gasteiger partial charge in [-0.05, 0) is 64.6 Å². The molecule has 0 nitrogen and oxygen atoms in total. The third-order valence-corrected chi connectivity index (χ3v) is 12.6. The summed E-state index contributed by atoms with van der Waals surface area (Å²) in [7, 11) is 0. The maximum atomic E-state index is 2.12. The number of hydrogen-bond donors (Lipinski definition) is 0.